The number of benzene rings is 2. The highest BCUT2D eigenvalue weighted by Crippen LogP contribution is 2.32. The number of ether oxygens (including phenoxy) is 1. The number of carbonyl (C=O) groups is 1. The zero-order valence-electron chi connectivity index (χ0n) is 21.2. The SMILES string of the molecule is CCCCN1CCC(COc2ccc3ncc(C(=O)NC(C)C)c(Nc4ccccc4)c3c2)CC1. The van der Waals surface area contributed by atoms with Crippen LogP contribution in [0.15, 0.2) is 54.7 Å². The first kappa shape index (κ1) is 25.0. The van der Waals surface area contributed by atoms with Crippen LogP contribution in [-0.4, -0.2) is 48.1 Å². The summed E-state index contributed by atoms with van der Waals surface area (Å²) in [4.78, 5) is 20.1. The zero-order chi connectivity index (χ0) is 24.6. The molecule has 6 nitrogen and oxygen atoms in total. The second kappa shape index (κ2) is 12.0. The quantitative estimate of drug-likeness (QED) is 0.377. The van der Waals surface area contributed by atoms with Gasteiger partial charge in [0, 0.05) is 23.3 Å². The molecule has 1 aliphatic heterocycles. The number of aromatic nitrogens is 1. The second-order valence-corrected chi connectivity index (χ2v) is 9.79. The van der Waals surface area contributed by atoms with Crippen LogP contribution >= 0.6 is 0 Å². The van der Waals surface area contributed by atoms with E-state index in [9.17, 15) is 4.79 Å². The van der Waals surface area contributed by atoms with Crippen LogP contribution in [0.25, 0.3) is 10.9 Å². The number of anilines is 2. The fourth-order valence-corrected chi connectivity index (χ4v) is 4.55. The number of likely N-dealkylation sites (tertiary alicyclic amines) is 1. The maximum Gasteiger partial charge on any atom is 0.255 e. The van der Waals surface area contributed by atoms with E-state index in [1.807, 2.05) is 62.4 Å². The molecule has 4 rings (SSSR count). The summed E-state index contributed by atoms with van der Waals surface area (Å²) in [7, 11) is 0. The minimum atomic E-state index is -0.144. The third-order valence-electron chi connectivity index (χ3n) is 6.57. The van der Waals surface area contributed by atoms with Crippen molar-refractivity contribution in [3.8, 4) is 5.75 Å². The number of nitrogens with one attached hydrogen (secondary N) is 2. The summed E-state index contributed by atoms with van der Waals surface area (Å²) in [5, 5.41) is 7.33. The van der Waals surface area contributed by atoms with Crippen molar-refractivity contribution in [2.75, 3.05) is 31.6 Å². The van der Waals surface area contributed by atoms with E-state index < -0.39 is 0 Å². The third kappa shape index (κ3) is 6.73. The van der Waals surface area contributed by atoms with Gasteiger partial charge in [0.15, 0.2) is 0 Å². The van der Waals surface area contributed by atoms with E-state index in [0.717, 1.165) is 47.7 Å². The highest BCUT2D eigenvalue weighted by atomic mass is 16.5. The molecule has 2 N–H and O–H groups in total. The number of hydrogen-bond acceptors (Lipinski definition) is 5. The van der Waals surface area contributed by atoms with Gasteiger partial charge in [-0.25, -0.2) is 0 Å². The van der Waals surface area contributed by atoms with E-state index in [1.54, 1.807) is 6.20 Å². The van der Waals surface area contributed by atoms with Gasteiger partial charge in [-0.1, -0.05) is 31.5 Å². The van der Waals surface area contributed by atoms with Crippen LogP contribution in [0.3, 0.4) is 0 Å². The predicted octanol–water partition coefficient (Wildman–Crippen LogP) is 6.01. The van der Waals surface area contributed by atoms with Crippen molar-refractivity contribution in [1.82, 2.24) is 15.2 Å². The molecule has 1 aliphatic rings. The van der Waals surface area contributed by atoms with Crippen molar-refractivity contribution in [1.29, 1.82) is 0 Å². The molecule has 0 aliphatic carbocycles. The molecule has 2 aromatic carbocycles. The molecule has 3 aromatic rings. The Bertz CT molecular complexity index is 1110. The lowest BCUT2D eigenvalue weighted by molar-refractivity contribution is 0.0943. The van der Waals surface area contributed by atoms with Gasteiger partial charge in [-0.05, 0) is 89.0 Å². The number of para-hydroxylation sites is 1. The number of rotatable bonds is 10. The lowest BCUT2D eigenvalue weighted by Crippen LogP contribution is -2.36. The van der Waals surface area contributed by atoms with Crippen molar-refractivity contribution < 1.29 is 9.53 Å². The minimum Gasteiger partial charge on any atom is -0.493 e. The number of piperidine rings is 1. The van der Waals surface area contributed by atoms with Gasteiger partial charge in [0.2, 0.25) is 0 Å². The zero-order valence-corrected chi connectivity index (χ0v) is 21.2. The Kier molecular flexibility index (Phi) is 8.59. The van der Waals surface area contributed by atoms with Gasteiger partial charge in [-0.3, -0.25) is 9.78 Å². The van der Waals surface area contributed by atoms with Gasteiger partial charge >= 0.3 is 0 Å². The van der Waals surface area contributed by atoms with E-state index in [-0.39, 0.29) is 11.9 Å². The summed E-state index contributed by atoms with van der Waals surface area (Å²) in [5.41, 5.74) is 3.00. The molecular weight excluding hydrogens is 436 g/mol. The number of pyridine rings is 1. The standard InChI is InChI=1S/C29H38N4O2/c1-4-5-15-33-16-13-22(14-17-33)20-35-24-11-12-27-25(18-24)28(32-23-9-7-6-8-10-23)26(19-30-27)29(34)31-21(2)3/h6-12,18-19,21-22H,4-5,13-17,20H2,1-3H3,(H,30,32)(H,31,34). The van der Waals surface area contributed by atoms with E-state index in [1.165, 1.54) is 32.2 Å². The van der Waals surface area contributed by atoms with E-state index >= 15 is 0 Å². The first-order chi connectivity index (χ1) is 17.0. The molecule has 0 saturated carbocycles. The van der Waals surface area contributed by atoms with E-state index in [2.05, 4.69) is 27.4 Å². The molecule has 1 fully saturated rings. The van der Waals surface area contributed by atoms with Gasteiger partial charge in [-0.15, -0.1) is 0 Å². The fourth-order valence-electron chi connectivity index (χ4n) is 4.55. The molecule has 2 heterocycles. The van der Waals surface area contributed by atoms with Gasteiger partial charge in [-0.2, -0.15) is 0 Å². The van der Waals surface area contributed by atoms with Crippen LogP contribution in [0.1, 0.15) is 56.8 Å². The largest absolute Gasteiger partial charge is 0.493 e. The summed E-state index contributed by atoms with van der Waals surface area (Å²) >= 11 is 0. The molecule has 1 aromatic heterocycles. The molecule has 0 spiro atoms. The molecule has 0 radical (unpaired) electrons. The minimum absolute atomic E-state index is 0.0332. The van der Waals surface area contributed by atoms with Crippen molar-refractivity contribution in [2.45, 2.75) is 52.5 Å². The summed E-state index contributed by atoms with van der Waals surface area (Å²) < 4.78 is 6.27. The average Bonchev–Trinajstić information content (AvgIpc) is 2.87. The Morgan fingerprint density at radius 1 is 1.14 bits per heavy atom. The Balaban J connectivity index is 1.54. The van der Waals surface area contributed by atoms with E-state index in [0.29, 0.717) is 11.5 Å². The van der Waals surface area contributed by atoms with Crippen LogP contribution in [0.2, 0.25) is 0 Å². The monoisotopic (exact) mass is 474 g/mol. The van der Waals surface area contributed by atoms with Gasteiger partial charge < -0.3 is 20.3 Å². The van der Waals surface area contributed by atoms with Gasteiger partial charge in [0.25, 0.3) is 5.91 Å². The molecule has 0 atom stereocenters. The van der Waals surface area contributed by atoms with Crippen molar-refractivity contribution in [2.24, 2.45) is 5.92 Å². The number of amides is 1. The molecule has 1 amide bonds. The van der Waals surface area contributed by atoms with Crippen molar-refractivity contribution in [3.05, 3.63) is 60.3 Å². The molecule has 0 bridgehead atoms. The highest BCUT2D eigenvalue weighted by Gasteiger charge is 2.20. The molecule has 1 saturated heterocycles. The lowest BCUT2D eigenvalue weighted by Gasteiger charge is -2.31. The average molecular weight is 475 g/mol. The smallest absolute Gasteiger partial charge is 0.255 e. The number of hydrogen-bond donors (Lipinski definition) is 2. The first-order valence-corrected chi connectivity index (χ1v) is 12.9. The van der Waals surface area contributed by atoms with Crippen LogP contribution in [0, 0.1) is 5.92 Å². The Hall–Kier alpha value is -3.12. The Morgan fingerprint density at radius 3 is 2.63 bits per heavy atom. The molecule has 0 unspecified atom stereocenters. The normalized spacial score (nSPS) is 14.9. The number of fused-ring (bicyclic) bond motifs is 1. The predicted molar refractivity (Wildman–Crippen MR) is 144 cm³/mol. The summed E-state index contributed by atoms with van der Waals surface area (Å²) in [6, 6.07) is 15.9. The molecular formula is C29H38N4O2. The molecule has 6 heteroatoms. The summed E-state index contributed by atoms with van der Waals surface area (Å²) in [5.74, 6) is 1.24. The maximum atomic E-state index is 13.0. The highest BCUT2D eigenvalue weighted by molar-refractivity contribution is 6.08. The Morgan fingerprint density at radius 2 is 1.91 bits per heavy atom. The first-order valence-electron chi connectivity index (χ1n) is 12.9. The van der Waals surface area contributed by atoms with Gasteiger partial charge in [0.05, 0.1) is 23.4 Å². The van der Waals surface area contributed by atoms with Crippen molar-refractivity contribution >= 4 is 28.2 Å². The van der Waals surface area contributed by atoms with Crippen LogP contribution in [0.5, 0.6) is 5.75 Å². The Labute approximate surface area is 209 Å². The topological polar surface area (TPSA) is 66.5 Å². The molecule has 35 heavy (non-hydrogen) atoms. The lowest BCUT2D eigenvalue weighted by atomic mass is 9.97. The van der Waals surface area contributed by atoms with Crippen LogP contribution in [-0.2, 0) is 0 Å². The third-order valence-corrected chi connectivity index (χ3v) is 6.57. The summed E-state index contributed by atoms with van der Waals surface area (Å²) in [6.45, 7) is 10.4. The molecule has 186 valence electrons. The number of unbranched alkanes of at least 4 members (excludes halogenated alkanes) is 1. The maximum absolute atomic E-state index is 13.0. The van der Waals surface area contributed by atoms with Crippen LogP contribution in [0.4, 0.5) is 11.4 Å². The van der Waals surface area contributed by atoms with Crippen molar-refractivity contribution in [3.63, 3.8) is 0 Å². The number of carbonyl (C=O) groups excluding carboxylic acids is 1. The van der Waals surface area contributed by atoms with Crippen LogP contribution < -0.4 is 15.4 Å². The van der Waals surface area contributed by atoms with E-state index in [4.69, 9.17) is 4.74 Å². The second-order valence-electron chi connectivity index (χ2n) is 9.79. The fraction of sp³-hybridized carbons (Fsp3) is 0.448. The summed E-state index contributed by atoms with van der Waals surface area (Å²) in [6.07, 6.45) is 6.54. The van der Waals surface area contributed by atoms with Gasteiger partial charge in [0.1, 0.15) is 5.75 Å². The number of nitrogens with zero attached hydrogens (tertiary/aromatic N) is 2.